The van der Waals surface area contributed by atoms with Crippen LogP contribution in [-0.2, 0) is 0 Å². The smallest absolute Gasteiger partial charge is 0.123 e. The van der Waals surface area contributed by atoms with Gasteiger partial charge >= 0.3 is 0 Å². The summed E-state index contributed by atoms with van der Waals surface area (Å²) in [5, 5.41) is 13.4. The maximum absolute atomic E-state index is 13.2. The van der Waals surface area contributed by atoms with Crippen molar-refractivity contribution < 1.29 is 9.50 Å². The van der Waals surface area contributed by atoms with Crippen LogP contribution in [-0.4, -0.2) is 11.1 Å². The number of phenolic OH excluding ortho intramolecular Hbond substituents is 1. The van der Waals surface area contributed by atoms with Crippen LogP contribution in [0.25, 0.3) is 0 Å². The van der Waals surface area contributed by atoms with Crippen molar-refractivity contribution in [1.29, 1.82) is 0 Å². The zero-order valence-corrected chi connectivity index (χ0v) is 10.7. The highest BCUT2D eigenvalue weighted by Crippen LogP contribution is 2.45. The Balaban J connectivity index is 1.72. The summed E-state index contributed by atoms with van der Waals surface area (Å²) in [7, 11) is 0. The Labute approximate surface area is 107 Å². The van der Waals surface area contributed by atoms with Crippen molar-refractivity contribution >= 4 is 0 Å². The molecule has 1 aromatic rings. The first-order valence-corrected chi connectivity index (χ1v) is 6.89. The number of aromatic hydroxyl groups is 1. The average Bonchev–Trinajstić information content (AvgIpc) is 3.21. The van der Waals surface area contributed by atoms with Crippen molar-refractivity contribution in [1.82, 2.24) is 5.32 Å². The summed E-state index contributed by atoms with van der Waals surface area (Å²) >= 11 is 0. The van der Waals surface area contributed by atoms with Crippen molar-refractivity contribution in [2.75, 3.05) is 0 Å². The van der Waals surface area contributed by atoms with Crippen molar-refractivity contribution in [2.24, 2.45) is 11.8 Å². The molecule has 2 N–H and O–H groups in total. The highest BCUT2D eigenvalue weighted by Gasteiger charge is 2.41. The summed E-state index contributed by atoms with van der Waals surface area (Å²) in [5.74, 6) is 1.50. The van der Waals surface area contributed by atoms with Gasteiger partial charge in [0.15, 0.2) is 0 Å². The van der Waals surface area contributed by atoms with Crippen molar-refractivity contribution in [3.8, 4) is 5.75 Å². The summed E-state index contributed by atoms with van der Waals surface area (Å²) in [4.78, 5) is 0. The number of hydrogen-bond acceptors (Lipinski definition) is 2. The van der Waals surface area contributed by atoms with Crippen LogP contribution in [0.5, 0.6) is 5.75 Å². The molecule has 0 spiro atoms. The molecule has 1 atom stereocenters. The summed E-state index contributed by atoms with van der Waals surface area (Å²) < 4.78 is 13.2. The number of phenols is 1. The molecule has 2 nitrogen and oxygen atoms in total. The Bertz CT molecular complexity index is 428. The van der Waals surface area contributed by atoms with Gasteiger partial charge in [0.2, 0.25) is 0 Å². The molecular formula is C15H20FNO. The molecule has 1 aromatic carbocycles. The molecule has 3 rings (SSSR count). The zero-order valence-electron chi connectivity index (χ0n) is 10.7. The number of halogens is 1. The van der Waals surface area contributed by atoms with Crippen LogP contribution < -0.4 is 5.32 Å². The molecule has 0 bridgehead atoms. The molecule has 98 valence electrons. The van der Waals surface area contributed by atoms with Crippen molar-refractivity contribution in [2.45, 2.75) is 44.7 Å². The Hall–Kier alpha value is -1.09. The summed E-state index contributed by atoms with van der Waals surface area (Å²) in [6.07, 6.45) is 5.26. The van der Waals surface area contributed by atoms with E-state index in [4.69, 9.17) is 0 Å². The van der Waals surface area contributed by atoms with Crippen LogP contribution in [0.2, 0.25) is 0 Å². The number of rotatable bonds is 5. The van der Waals surface area contributed by atoms with Crippen LogP contribution in [0.3, 0.4) is 0 Å². The second-order valence-corrected chi connectivity index (χ2v) is 5.79. The third kappa shape index (κ3) is 2.51. The van der Waals surface area contributed by atoms with E-state index >= 15 is 0 Å². The van der Waals surface area contributed by atoms with E-state index in [2.05, 4.69) is 5.32 Å². The lowest BCUT2D eigenvalue weighted by molar-refractivity contribution is 0.367. The predicted molar refractivity (Wildman–Crippen MR) is 68.9 cm³/mol. The highest BCUT2D eigenvalue weighted by atomic mass is 19.1. The van der Waals surface area contributed by atoms with Crippen LogP contribution in [0, 0.1) is 17.7 Å². The summed E-state index contributed by atoms with van der Waals surface area (Å²) in [5.41, 5.74) is 0.668. The molecule has 0 radical (unpaired) electrons. The second-order valence-electron chi connectivity index (χ2n) is 5.79. The number of hydrogen-bond donors (Lipinski definition) is 2. The van der Waals surface area contributed by atoms with E-state index in [9.17, 15) is 9.50 Å². The van der Waals surface area contributed by atoms with E-state index in [-0.39, 0.29) is 17.6 Å². The van der Waals surface area contributed by atoms with E-state index < -0.39 is 0 Å². The maximum Gasteiger partial charge on any atom is 0.123 e. The Morgan fingerprint density at radius 3 is 2.39 bits per heavy atom. The molecule has 0 aliphatic heterocycles. The van der Waals surface area contributed by atoms with E-state index in [1.165, 1.54) is 43.9 Å². The van der Waals surface area contributed by atoms with Gasteiger partial charge in [-0.1, -0.05) is 0 Å². The van der Waals surface area contributed by atoms with Gasteiger partial charge in [0.25, 0.3) is 0 Å². The van der Waals surface area contributed by atoms with E-state index in [0.717, 1.165) is 11.8 Å². The lowest BCUT2D eigenvalue weighted by Crippen LogP contribution is -2.35. The topological polar surface area (TPSA) is 32.3 Å². The van der Waals surface area contributed by atoms with Gasteiger partial charge in [0.05, 0.1) is 0 Å². The van der Waals surface area contributed by atoms with Gasteiger partial charge in [-0.25, -0.2) is 4.39 Å². The third-order valence-corrected chi connectivity index (χ3v) is 4.16. The lowest BCUT2D eigenvalue weighted by Gasteiger charge is -2.24. The Morgan fingerprint density at radius 1 is 1.22 bits per heavy atom. The number of nitrogens with one attached hydrogen (secondary N) is 1. The molecule has 18 heavy (non-hydrogen) atoms. The van der Waals surface area contributed by atoms with Gasteiger partial charge in [-0.3, -0.25) is 0 Å². The first kappa shape index (κ1) is 12.0. The molecule has 2 saturated carbocycles. The lowest BCUT2D eigenvalue weighted by atomic mass is 10.0. The molecule has 2 aliphatic carbocycles. The van der Waals surface area contributed by atoms with Crippen LogP contribution in [0.4, 0.5) is 4.39 Å². The number of benzene rings is 1. The van der Waals surface area contributed by atoms with Crippen molar-refractivity contribution in [3.05, 3.63) is 29.6 Å². The van der Waals surface area contributed by atoms with E-state index in [0.29, 0.717) is 11.6 Å². The summed E-state index contributed by atoms with van der Waals surface area (Å²) in [6, 6.07) is 4.73. The quantitative estimate of drug-likeness (QED) is 0.838. The molecular weight excluding hydrogens is 229 g/mol. The molecule has 2 aliphatic rings. The molecule has 0 heterocycles. The molecule has 1 unspecified atom stereocenters. The minimum atomic E-state index is -0.286. The zero-order chi connectivity index (χ0) is 12.7. The average molecular weight is 249 g/mol. The Morgan fingerprint density at radius 2 is 1.83 bits per heavy atom. The van der Waals surface area contributed by atoms with Crippen LogP contribution in [0.1, 0.15) is 44.2 Å². The van der Waals surface area contributed by atoms with Crippen LogP contribution >= 0.6 is 0 Å². The van der Waals surface area contributed by atoms with Gasteiger partial charge in [0, 0.05) is 17.6 Å². The fourth-order valence-corrected chi connectivity index (χ4v) is 2.82. The van der Waals surface area contributed by atoms with Gasteiger partial charge in [0.1, 0.15) is 11.6 Å². The van der Waals surface area contributed by atoms with E-state index in [1.807, 2.05) is 6.92 Å². The maximum atomic E-state index is 13.2. The standard InChI is InChI=1S/C15H20FNO/c1-9(13-8-12(16)6-7-14(13)18)17-15(10-2-3-10)11-4-5-11/h6-11,15,17-18H,2-5H2,1H3. The fraction of sp³-hybridized carbons (Fsp3) is 0.600. The minimum Gasteiger partial charge on any atom is -0.508 e. The van der Waals surface area contributed by atoms with E-state index in [1.54, 1.807) is 0 Å². The largest absolute Gasteiger partial charge is 0.508 e. The molecule has 0 aromatic heterocycles. The minimum absolute atomic E-state index is 0.00639. The second kappa shape index (κ2) is 4.54. The van der Waals surface area contributed by atoms with Crippen LogP contribution in [0.15, 0.2) is 18.2 Å². The normalized spacial score (nSPS) is 21.3. The first-order chi connectivity index (χ1) is 8.65. The SMILES string of the molecule is CC(NC(C1CC1)C1CC1)c1cc(F)ccc1O. The third-order valence-electron chi connectivity index (χ3n) is 4.16. The fourth-order valence-electron chi connectivity index (χ4n) is 2.82. The van der Waals surface area contributed by atoms with Gasteiger partial charge in [-0.05, 0) is 62.6 Å². The highest BCUT2D eigenvalue weighted by molar-refractivity contribution is 5.35. The Kier molecular flexibility index (Phi) is 3.02. The predicted octanol–water partition coefficient (Wildman–Crippen LogP) is 3.37. The first-order valence-electron chi connectivity index (χ1n) is 6.89. The molecule has 2 fully saturated rings. The summed E-state index contributed by atoms with van der Waals surface area (Å²) in [6.45, 7) is 2.01. The van der Waals surface area contributed by atoms with Gasteiger partial charge < -0.3 is 10.4 Å². The molecule has 0 amide bonds. The van der Waals surface area contributed by atoms with Crippen molar-refractivity contribution in [3.63, 3.8) is 0 Å². The molecule has 3 heteroatoms. The van der Waals surface area contributed by atoms with Gasteiger partial charge in [-0.2, -0.15) is 0 Å². The van der Waals surface area contributed by atoms with Gasteiger partial charge in [-0.15, -0.1) is 0 Å². The molecule has 0 saturated heterocycles. The monoisotopic (exact) mass is 249 g/mol.